The lowest BCUT2D eigenvalue weighted by molar-refractivity contribution is 0.669. The maximum Gasteiger partial charge on any atom is 0.159 e. The topological polar surface area (TPSA) is 62.8 Å². The largest absolute Gasteiger partial charge is 0.456 e. The van der Waals surface area contributed by atoms with Crippen molar-refractivity contribution in [1.82, 2.24) is 10.3 Å². The standard InChI is InChI=1S/C52H34N4O/c1-4-13-33(14-5-1)34-23-25-37(26-24-34)51-54-50(36-17-8-3-9-18-36)55-52(56-51)40-20-12-19-38(31-40)39-27-29-45-43(32-39)48-46(57-45)30-28-42-47(48)41-21-10-11-22-44(41)53-49(42)35-15-6-2-7-16-35/h1-32,50H,(H,54,55,56). The summed E-state index contributed by atoms with van der Waals surface area (Å²) in [4.78, 5) is 15.5. The van der Waals surface area contributed by atoms with E-state index in [4.69, 9.17) is 19.4 Å². The molecule has 2 aromatic heterocycles. The number of fused-ring (bicyclic) bond motifs is 7. The molecule has 5 nitrogen and oxygen atoms in total. The van der Waals surface area contributed by atoms with Gasteiger partial charge in [0.15, 0.2) is 5.84 Å². The quantitative estimate of drug-likeness (QED) is 0.173. The van der Waals surface area contributed by atoms with Crippen LogP contribution in [0.5, 0.6) is 0 Å². The Morgan fingerprint density at radius 2 is 1.04 bits per heavy atom. The van der Waals surface area contributed by atoms with E-state index in [2.05, 4.69) is 169 Å². The van der Waals surface area contributed by atoms with Gasteiger partial charge in [-0.3, -0.25) is 0 Å². The molecule has 0 amide bonds. The van der Waals surface area contributed by atoms with E-state index < -0.39 is 0 Å². The first-order valence-corrected chi connectivity index (χ1v) is 19.2. The molecule has 10 aromatic rings. The van der Waals surface area contributed by atoms with Crippen LogP contribution in [-0.2, 0) is 0 Å². The maximum atomic E-state index is 6.54. The minimum Gasteiger partial charge on any atom is -0.456 e. The minimum absolute atomic E-state index is 0.293. The van der Waals surface area contributed by atoms with Crippen LogP contribution >= 0.6 is 0 Å². The maximum absolute atomic E-state index is 6.54. The number of pyridine rings is 1. The van der Waals surface area contributed by atoms with Crippen LogP contribution < -0.4 is 5.32 Å². The number of amidine groups is 2. The molecule has 57 heavy (non-hydrogen) atoms. The first-order valence-electron chi connectivity index (χ1n) is 19.2. The Morgan fingerprint density at radius 1 is 0.421 bits per heavy atom. The van der Waals surface area contributed by atoms with Gasteiger partial charge in [0.25, 0.3) is 0 Å². The van der Waals surface area contributed by atoms with E-state index in [9.17, 15) is 0 Å². The Morgan fingerprint density at radius 3 is 1.84 bits per heavy atom. The Bertz CT molecular complexity index is 3190. The van der Waals surface area contributed by atoms with Crippen LogP contribution in [0.25, 0.3) is 77.1 Å². The average molecular weight is 731 g/mol. The van der Waals surface area contributed by atoms with E-state index in [0.717, 1.165) is 94.1 Å². The Labute approximate surface area is 329 Å². The van der Waals surface area contributed by atoms with Crippen molar-refractivity contribution in [2.45, 2.75) is 6.17 Å². The monoisotopic (exact) mass is 730 g/mol. The first kappa shape index (κ1) is 32.8. The molecule has 1 aliphatic rings. The van der Waals surface area contributed by atoms with Gasteiger partial charge in [-0.1, -0.05) is 158 Å². The van der Waals surface area contributed by atoms with Crippen molar-refractivity contribution < 1.29 is 4.42 Å². The van der Waals surface area contributed by atoms with Gasteiger partial charge in [0.05, 0.1) is 11.2 Å². The normalized spacial score (nSPS) is 14.1. The molecule has 11 rings (SSSR count). The van der Waals surface area contributed by atoms with E-state index in [1.165, 1.54) is 5.56 Å². The second-order valence-corrected chi connectivity index (χ2v) is 14.4. The SMILES string of the molecule is c1ccc(-c2ccc(C3=NC(c4cccc(-c5ccc6oc7ccc8c(-c9ccccc9)nc9ccccc9c8c7c6c5)c4)=NC(c4ccccc4)N3)cc2)cc1. The van der Waals surface area contributed by atoms with E-state index in [-0.39, 0.29) is 6.17 Å². The number of rotatable bonds is 6. The highest BCUT2D eigenvalue weighted by Gasteiger charge is 2.22. The van der Waals surface area contributed by atoms with Crippen LogP contribution in [0.15, 0.2) is 209 Å². The number of para-hydroxylation sites is 1. The summed E-state index contributed by atoms with van der Waals surface area (Å²) in [5.41, 5.74) is 12.2. The summed E-state index contributed by atoms with van der Waals surface area (Å²) in [6.07, 6.45) is -0.293. The van der Waals surface area contributed by atoms with E-state index in [1.807, 2.05) is 30.3 Å². The smallest absolute Gasteiger partial charge is 0.159 e. The number of hydrogen-bond donors (Lipinski definition) is 1. The molecule has 1 unspecified atom stereocenters. The summed E-state index contributed by atoms with van der Waals surface area (Å²) in [6, 6.07) is 67.4. The van der Waals surface area contributed by atoms with Crippen LogP contribution in [-0.4, -0.2) is 16.7 Å². The molecule has 3 heterocycles. The van der Waals surface area contributed by atoms with Crippen LogP contribution in [0.4, 0.5) is 0 Å². The zero-order valence-electron chi connectivity index (χ0n) is 30.8. The summed E-state index contributed by atoms with van der Waals surface area (Å²) in [5, 5.41) is 9.13. The highest BCUT2D eigenvalue weighted by molar-refractivity contribution is 6.28. The van der Waals surface area contributed by atoms with Gasteiger partial charge in [-0.2, -0.15) is 0 Å². The molecule has 0 fully saturated rings. The summed E-state index contributed by atoms with van der Waals surface area (Å²) >= 11 is 0. The number of nitrogens with one attached hydrogen (secondary N) is 1. The zero-order chi connectivity index (χ0) is 37.7. The predicted molar refractivity (Wildman–Crippen MR) is 235 cm³/mol. The first-order chi connectivity index (χ1) is 28.2. The van der Waals surface area contributed by atoms with Crippen molar-refractivity contribution in [3.05, 3.63) is 211 Å². The third-order valence-corrected chi connectivity index (χ3v) is 10.9. The average Bonchev–Trinajstić information content (AvgIpc) is 3.68. The van der Waals surface area contributed by atoms with Gasteiger partial charge in [-0.05, 0) is 64.2 Å². The molecular formula is C52H34N4O. The Hall–Kier alpha value is -7.63. The summed E-state index contributed by atoms with van der Waals surface area (Å²) in [7, 11) is 0. The van der Waals surface area contributed by atoms with Crippen molar-refractivity contribution in [3.63, 3.8) is 0 Å². The fraction of sp³-hybridized carbons (Fsp3) is 0.0192. The zero-order valence-corrected chi connectivity index (χ0v) is 30.8. The van der Waals surface area contributed by atoms with Gasteiger partial charge in [0.2, 0.25) is 0 Å². The molecule has 0 saturated heterocycles. The number of furan rings is 1. The molecule has 0 aliphatic carbocycles. The molecule has 0 bridgehead atoms. The second kappa shape index (κ2) is 13.6. The summed E-state index contributed by atoms with van der Waals surface area (Å²) in [5.74, 6) is 1.47. The van der Waals surface area contributed by atoms with E-state index >= 15 is 0 Å². The molecule has 8 aromatic carbocycles. The van der Waals surface area contributed by atoms with Crippen molar-refractivity contribution in [3.8, 4) is 33.5 Å². The molecule has 5 heteroatoms. The molecule has 0 spiro atoms. The fourth-order valence-electron chi connectivity index (χ4n) is 8.13. The second-order valence-electron chi connectivity index (χ2n) is 14.4. The molecule has 0 radical (unpaired) electrons. The summed E-state index contributed by atoms with van der Waals surface area (Å²) in [6.45, 7) is 0. The fourth-order valence-corrected chi connectivity index (χ4v) is 8.13. The molecule has 1 aliphatic heterocycles. The van der Waals surface area contributed by atoms with Gasteiger partial charge in [0.1, 0.15) is 23.2 Å². The molecule has 1 N–H and O–H groups in total. The number of benzene rings is 8. The number of hydrogen-bond acceptors (Lipinski definition) is 5. The lowest BCUT2D eigenvalue weighted by Crippen LogP contribution is -2.33. The van der Waals surface area contributed by atoms with Crippen molar-refractivity contribution in [2.75, 3.05) is 0 Å². The van der Waals surface area contributed by atoms with Crippen LogP contribution in [0.3, 0.4) is 0 Å². The van der Waals surface area contributed by atoms with Crippen molar-refractivity contribution >= 4 is 55.3 Å². The molecule has 1 atom stereocenters. The predicted octanol–water partition coefficient (Wildman–Crippen LogP) is 12.8. The van der Waals surface area contributed by atoms with Crippen molar-refractivity contribution in [2.24, 2.45) is 9.98 Å². The number of aromatic nitrogens is 1. The van der Waals surface area contributed by atoms with Crippen LogP contribution in [0.2, 0.25) is 0 Å². The lowest BCUT2D eigenvalue weighted by Gasteiger charge is -2.24. The number of aliphatic imine (C=N–C) groups is 2. The van der Waals surface area contributed by atoms with Crippen LogP contribution in [0.1, 0.15) is 22.9 Å². The molecule has 0 saturated carbocycles. The van der Waals surface area contributed by atoms with Crippen LogP contribution in [0, 0.1) is 0 Å². The highest BCUT2D eigenvalue weighted by Crippen LogP contribution is 2.42. The molecular weight excluding hydrogens is 697 g/mol. The third kappa shape index (κ3) is 5.85. The van der Waals surface area contributed by atoms with Gasteiger partial charge >= 0.3 is 0 Å². The van der Waals surface area contributed by atoms with E-state index in [0.29, 0.717) is 5.84 Å². The Kier molecular flexibility index (Phi) is 7.81. The third-order valence-electron chi connectivity index (χ3n) is 10.9. The Balaban J connectivity index is 1.03. The van der Waals surface area contributed by atoms with Gasteiger partial charge in [0, 0.05) is 43.6 Å². The summed E-state index contributed by atoms with van der Waals surface area (Å²) < 4.78 is 6.54. The van der Waals surface area contributed by atoms with Gasteiger partial charge in [-0.25, -0.2) is 15.0 Å². The highest BCUT2D eigenvalue weighted by atomic mass is 16.3. The van der Waals surface area contributed by atoms with Gasteiger partial charge < -0.3 is 9.73 Å². The van der Waals surface area contributed by atoms with Gasteiger partial charge in [-0.15, -0.1) is 0 Å². The van der Waals surface area contributed by atoms with E-state index in [1.54, 1.807) is 0 Å². The molecule has 268 valence electrons. The lowest BCUT2D eigenvalue weighted by atomic mass is 9.95. The van der Waals surface area contributed by atoms with Crippen molar-refractivity contribution in [1.29, 1.82) is 0 Å². The minimum atomic E-state index is -0.293. The number of nitrogens with zero attached hydrogens (tertiary/aromatic N) is 3.